The molecule has 1 nitrogen and oxygen atoms in total. The smallest absolute Gasteiger partial charge is 0.0237 e. The minimum atomic E-state index is 1.03. The highest BCUT2D eigenvalue weighted by Gasteiger charge is 2.06. The molecule has 0 aliphatic rings. The van der Waals surface area contributed by atoms with Gasteiger partial charge in [-0.25, -0.2) is 0 Å². The molecular weight excluding hydrogens is 314 g/mol. The van der Waals surface area contributed by atoms with Crippen molar-refractivity contribution in [3.8, 4) is 0 Å². The molecule has 0 atom stereocenters. The Morgan fingerprint density at radius 2 is 1.15 bits per heavy atom. The van der Waals surface area contributed by atoms with Gasteiger partial charge in [-0.05, 0) is 49.8 Å². The van der Waals surface area contributed by atoms with Crippen molar-refractivity contribution in [3.05, 3.63) is 83.9 Å². The Morgan fingerprint density at radius 1 is 0.654 bits per heavy atom. The molecule has 1 heteroatoms. The van der Waals surface area contributed by atoms with E-state index in [0.29, 0.717) is 0 Å². The third-order valence-electron chi connectivity index (χ3n) is 4.73. The summed E-state index contributed by atoms with van der Waals surface area (Å²) < 4.78 is 0. The summed E-state index contributed by atoms with van der Waals surface area (Å²) in [5.41, 5.74) is 2.80. The number of unbranched alkanes of at least 4 members (excludes halogenated alkanes) is 5. The number of hydrogen-bond acceptors (Lipinski definition) is 1. The summed E-state index contributed by atoms with van der Waals surface area (Å²) in [5, 5.41) is 0. The highest BCUT2D eigenvalue weighted by atomic mass is 15.1. The van der Waals surface area contributed by atoms with E-state index in [4.69, 9.17) is 0 Å². The molecule has 0 bridgehead atoms. The molecule has 0 aliphatic heterocycles. The predicted octanol–water partition coefficient (Wildman–Crippen LogP) is 7.00. The lowest BCUT2D eigenvalue weighted by Gasteiger charge is -2.22. The van der Waals surface area contributed by atoms with E-state index in [-0.39, 0.29) is 0 Å². The summed E-state index contributed by atoms with van der Waals surface area (Å²) >= 11 is 0. The number of rotatable bonds is 13. The highest BCUT2D eigenvalue weighted by Crippen LogP contribution is 2.12. The lowest BCUT2D eigenvalue weighted by Crippen LogP contribution is -2.24. The van der Waals surface area contributed by atoms with Crippen molar-refractivity contribution < 1.29 is 0 Å². The van der Waals surface area contributed by atoms with Crippen molar-refractivity contribution >= 4 is 0 Å². The molecule has 0 aromatic heterocycles. The van der Waals surface area contributed by atoms with Gasteiger partial charge in [-0.2, -0.15) is 0 Å². The molecule has 0 radical (unpaired) electrons. The number of nitrogens with zero attached hydrogens (tertiary/aromatic N) is 1. The Morgan fingerprint density at radius 3 is 1.65 bits per heavy atom. The minimum Gasteiger partial charge on any atom is -0.295 e. The zero-order valence-electron chi connectivity index (χ0n) is 16.4. The zero-order valence-corrected chi connectivity index (χ0v) is 16.4. The maximum atomic E-state index is 2.58. The zero-order chi connectivity index (χ0) is 18.3. The van der Waals surface area contributed by atoms with Crippen LogP contribution >= 0.6 is 0 Å². The van der Waals surface area contributed by atoms with Crippen LogP contribution in [0.4, 0.5) is 0 Å². The van der Waals surface area contributed by atoms with E-state index < -0.39 is 0 Å². The number of allylic oxidation sites excluding steroid dienone is 2. The van der Waals surface area contributed by atoms with Gasteiger partial charge >= 0.3 is 0 Å². The molecule has 0 spiro atoms. The average Bonchev–Trinajstić information content (AvgIpc) is 2.68. The van der Waals surface area contributed by atoms with Crippen LogP contribution in [-0.4, -0.2) is 11.4 Å². The Labute approximate surface area is 160 Å². The van der Waals surface area contributed by atoms with Crippen molar-refractivity contribution in [2.24, 2.45) is 0 Å². The van der Waals surface area contributed by atoms with E-state index in [0.717, 1.165) is 19.6 Å². The van der Waals surface area contributed by atoms with Gasteiger partial charge in [0.1, 0.15) is 0 Å². The molecule has 0 fully saturated rings. The summed E-state index contributed by atoms with van der Waals surface area (Å²) in [7, 11) is 0. The van der Waals surface area contributed by atoms with E-state index in [1.54, 1.807) is 0 Å². The molecule has 26 heavy (non-hydrogen) atoms. The fraction of sp³-hybridized carbons (Fsp3) is 0.440. The van der Waals surface area contributed by atoms with Crippen LogP contribution in [0, 0.1) is 0 Å². The quantitative estimate of drug-likeness (QED) is 0.278. The molecule has 0 heterocycles. The van der Waals surface area contributed by atoms with Crippen molar-refractivity contribution in [2.45, 2.75) is 65.0 Å². The van der Waals surface area contributed by atoms with E-state index in [9.17, 15) is 0 Å². The summed E-state index contributed by atoms with van der Waals surface area (Å²) in [6, 6.07) is 21.7. The van der Waals surface area contributed by atoms with Crippen LogP contribution in [0.25, 0.3) is 0 Å². The van der Waals surface area contributed by atoms with E-state index >= 15 is 0 Å². The SMILES string of the molecule is CCCCC/C=C/CCCCN(Cc1ccccc1)Cc1ccccc1. The van der Waals surface area contributed by atoms with Crippen molar-refractivity contribution in [1.29, 1.82) is 0 Å². The third kappa shape index (κ3) is 9.01. The molecule has 2 rings (SSSR count). The van der Waals surface area contributed by atoms with Crippen molar-refractivity contribution in [1.82, 2.24) is 4.90 Å². The van der Waals surface area contributed by atoms with Crippen LogP contribution in [0.3, 0.4) is 0 Å². The van der Waals surface area contributed by atoms with Gasteiger partial charge in [0.05, 0.1) is 0 Å². The van der Waals surface area contributed by atoms with Gasteiger partial charge in [0.15, 0.2) is 0 Å². The molecular formula is C25H35N. The molecule has 0 saturated carbocycles. The Bertz CT molecular complexity index is 547. The fourth-order valence-corrected chi connectivity index (χ4v) is 3.24. The fourth-order valence-electron chi connectivity index (χ4n) is 3.24. The van der Waals surface area contributed by atoms with Crippen LogP contribution in [0.15, 0.2) is 72.8 Å². The Balaban J connectivity index is 1.75. The largest absolute Gasteiger partial charge is 0.295 e. The predicted molar refractivity (Wildman–Crippen MR) is 114 cm³/mol. The molecule has 0 saturated heterocycles. The molecule has 0 N–H and O–H groups in total. The van der Waals surface area contributed by atoms with Gasteiger partial charge in [0, 0.05) is 13.1 Å². The van der Waals surface area contributed by atoms with E-state index in [1.807, 2.05) is 0 Å². The molecule has 0 unspecified atom stereocenters. The lowest BCUT2D eigenvalue weighted by molar-refractivity contribution is 0.251. The van der Waals surface area contributed by atoms with Crippen molar-refractivity contribution in [2.75, 3.05) is 6.54 Å². The van der Waals surface area contributed by atoms with E-state index in [1.165, 1.54) is 56.1 Å². The summed E-state index contributed by atoms with van der Waals surface area (Å²) in [6.07, 6.45) is 13.8. The van der Waals surface area contributed by atoms with Gasteiger partial charge in [0.25, 0.3) is 0 Å². The molecule has 2 aromatic carbocycles. The van der Waals surface area contributed by atoms with Gasteiger partial charge in [-0.1, -0.05) is 92.6 Å². The molecule has 140 valence electrons. The summed E-state index contributed by atoms with van der Waals surface area (Å²) in [5.74, 6) is 0. The highest BCUT2D eigenvalue weighted by molar-refractivity contribution is 5.17. The minimum absolute atomic E-state index is 1.03. The van der Waals surface area contributed by atoms with Crippen molar-refractivity contribution in [3.63, 3.8) is 0 Å². The van der Waals surface area contributed by atoms with Gasteiger partial charge < -0.3 is 0 Å². The van der Waals surface area contributed by atoms with Crippen LogP contribution < -0.4 is 0 Å². The maximum Gasteiger partial charge on any atom is 0.0237 e. The number of benzene rings is 2. The van der Waals surface area contributed by atoms with Gasteiger partial charge in [-0.3, -0.25) is 4.90 Å². The molecule has 2 aromatic rings. The van der Waals surface area contributed by atoms with Gasteiger partial charge in [-0.15, -0.1) is 0 Å². The van der Waals surface area contributed by atoms with Crippen LogP contribution in [0.5, 0.6) is 0 Å². The first-order chi connectivity index (χ1) is 12.9. The summed E-state index contributed by atoms with van der Waals surface area (Å²) in [6.45, 7) is 5.49. The third-order valence-corrected chi connectivity index (χ3v) is 4.73. The topological polar surface area (TPSA) is 3.24 Å². The second-order valence-corrected chi connectivity index (χ2v) is 7.14. The maximum absolute atomic E-state index is 2.58. The molecule has 0 amide bonds. The first kappa shape index (κ1) is 20.5. The van der Waals surface area contributed by atoms with Crippen LogP contribution in [0.1, 0.15) is 63.0 Å². The number of hydrogen-bond donors (Lipinski definition) is 0. The average molecular weight is 350 g/mol. The Hall–Kier alpha value is -1.86. The second-order valence-electron chi connectivity index (χ2n) is 7.14. The lowest BCUT2D eigenvalue weighted by atomic mass is 10.1. The van der Waals surface area contributed by atoms with E-state index in [2.05, 4.69) is 84.6 Å². The van der Waals surface area contributed by atoms with Gasteiger partial charge in [0.2, 0.25) is 0 Å². The Kier molecular flexibility index (Phi) is 10.5. The second kappa shape index (κ2) is 13.4. The normalized spacial score (nSPS) is 11.5. The summed E-state index contributed by atoms with van der Waals surface area (Å²) in [4.78, 5) is 2.58. The standard InChI is InChI=1S/C25H35N/c1-2-3-4-5-6-7-8-9-16-21-26(22-24-17-12-10-13-18-24)23-25-19-14-11-15-20-25/h6-7,10-15,17-20H,2-5,8-9,16,21-23H2,1H3/b7-6+. The van der Waals surface area contributed by atoms with Crippen LogP contribution in [-0.2, 0) is 13.1 Å². The first-order valence-corrected chi connectivity index (χ1v) is 10.3. The molecule has 0 aliphatic carbocycles. The monoisotopic (exact) mass is 349 g/mol. The first-order valence-electron chi connectivity index (χ1n) is 10.3. The van der Waals surface area contributed by atoms with Crippen LogP contribution in [0.2, 0.25) is 0 Å².